The van der Waals surface area contributed by atoms with Crippen molar-refractivity contribution in [1.29, 1.82) is 0 Å². The molecule has 0 amide bonds. The second-order valence-corrected chi connectivity index (χ2v) is 7.37. The van der Waals surface area contributed by atoms with Gasteiger partial charge < -0.3 is 0 Å². The molecule has 0 radical (unpaired) electrons. The molecule has 0 fully saturated rings. The lowest BCUT2D eigenvalue weighted by Gasteiger charge is -2.25. The molecule has 0 aromatic heterocycles. The Morgan fingerprint density at radius 1 is 1.00 bits per heavy atom. The molecule has 108 valence electrons. The third-order valence-electron chi connectivity index (χ3n) is 3.56. The van der Waals surface area contributed by atoms with E-state index >= 15 is 0 Å². The third kappa shape index (κ3) is 3.96. The lowest BCUT2D eigenvalue weighted by Crippen LogP contribution is -2.14. The fourth-order valence-corrected chi connectivity index (χ4v) is 2.04. The number of rotatable bonds is 3. The van der Waals surface area contributed by atoms with E-state index in [9.17, 15) is 0 Å². The summed E-state index contributed by atoms with van der Waals surface area (Å²) in [6.45, 7) is 21.5. The van der Waals surface area contributed by atoms with Crippen LogP contribution in [-0.2, 0) is 5.41 Å². The van der Waals surface area contributed by atoms with Crippen LogP contribution in [0.4, 0.5) is 0 Å². The summed E-state index contributed by atoms with van der Waals surface area (Å²) in [7, 11) is 0. The first-order valence-electron chi connectivity index (χ1n) is 7.21. The van der Waals surface area contributed by atoms with E-state index in [-0.39, 0.29) is 10.8 Å². The van der Waals surface area contributed by atoms with Gasteiger partial charge >= 0.3 is 0 Å². The quantitative estimate of drug-likeness (QED) is 0.576. The van der Waals surface area contributed by atoms with E-state index in [2.05, 4.69) is 85.0 Å². The summed E-state index contributed by atoms with van der Waals surface area (Å²) < 4.78 is 0. The molecule has 0 N–H and O–H groups in total. The zero-order chi connectivity index (χ0) is 15.6. The van der Waals surface area contributed by atoms with Crippen LogP contribution in [0.15, 0.2) is 55.1 Å². The fourth-order valence-electron chi connectivity index (χ4n) is 2.04. The lowest BCUT2D eigenvalue weighted by molar-refractivity contribution is 0.519. The minimum Gasteiger partial charge on any atom is -0.0984 e. The van der Waals surface area contributed by atoms with Gasteiger partial charge in [-0.2, -0.15) is 0 Å². The summed E-state index contributed by atoms with van der Waals surface area (Å²) >= 11 is 0. The van der Waals surface area contributed by atoms with Gasteiger partial charge in [0.25, 0.3) is 0 Å². The van der Waals surface area contributed by atoms with Crippen molar-refractivity contribution < 1.29 is 0 Å². The Balaban J connectivity index is 3.38. The summed E-state index contributed by atoms with van der Waals surface area (Å²) in [5, 5.41) is 0. The zero-order valence-electron chi connectivity index (χ0n) is 13.9. The van der Waals surface area contributed by atoms with E-state index < -0.39 is 0 Å². The Morgan fingerprint density at radius 2 is 1.55 bits per heavy atom. The highest BCUT2D eigenvalue weighted by Gasteiger charge is 2.19. The van der Waals surface area contributed by atoms with Gasteiger partial charge in [0.1, 0.15) is 0 Å². The normalized spacial score (nSPS) is 13.2. The molecule has 0 heterocycles. The largest absolute Gasteiger partial charge is 0.0984 e. The molecule has 0 aliphatic carbocycles. The average molecular weight is 268 g/mol. The Labute approximate surface area is 124 Å². The molecule has 0 spiro atoms. The van der Waals surface area contributed by atoms with Crippen LogP contribution in [0.25, 0.3) is 5.57 Å². The predicted octanol–water partition coefficient (Wildman–Crippen LogP) is 6.16. The molecule has 0 heteroatoms. The van der Waals surface area contributed by atoms with Crippen LogP contribution in [0.2, 0.25) is 0 Å². The Bertz CT molecular complexity index is 528. The fraction of sp³-hybridized carbons (Fsp3) is 0.400. The molecule has 0 atom stereocenters. The highest BCUT2D eigenvalue weighted by Crippen LogP contribution is 2.33. The monoisotopic (exact) mass is 268 g/mol. The van der Waals surface area contributed by atoms with E-state index in [1.54, 1.807) is 0 Å². The highest BCUT2D eigenvalue weighted by atomic mass is 14.2. The molecule has 20 heavy (non-hydrogen) atoms. The first-order chi connectivity index (χ1) is 9.07. The highest BCUT2D eigenvalue weighted by molar-refractivity contribution is 5.78. The molecule has 0 unspecified atom stereocenters. The van der Waals surface area contributed by atoms with Gasteiger partial charge in [-0.25, -0.2) is 0 Å². The maximum Gasteiger partial charge on any atom is -0.0126 e. The Kier molecular flexibility index (Phi) is 4.81. The van der Waals surface area contributed by atoms with Gasteiger partial charge in [-0.1, -0.05) is 91.1 Å². The van der Waals surface area contributed by atoms with Crippen molar-refractivity contribution in [1.82, 2.24) is 0 Å². The molecule has 1 rings (SSSR count). The lowest BCUT2D eigenvalue weighted by atomic mass is 9.80. The van der Waals surface area contributed by atoms with E-state index in [1.165, 1.54) is 11.1 Å². The van der Waals surface area contributed by atoms with Crippen molar-refractivity contribution in [3.8, 4) is 0 Å². The number of hydrogen-bond donors (Lipinski definition) is 0. The zero-order valence-corrected chi connectivity index (χ0v) is 13.9. The summed E-state index contributed by atoms with van der Waals surface area (Å²) in [6, 6.07) is 8.56. The first kappa shape index (κ1) is 16.5. The topological polar surface area (TPSA) is 0 Å². The first-order valence-corrected chi connectivity index (χ1v) is 7.21. The minimum atomic E-state index is 0.0743. The van der Waals surface area contributed by atoms with Crippen LogP contribution >= 0.6 is 0 Å². The smallest absolute Gasteiger partial charge is 0.0126 e. The second kappa shape index (κ2) is 5.83. The van der Waals surface area contributed by atoms with Gasteiger partial charge in [-0.15, -0.1) is 0 Å². The number of hydrogen-bond acceptors (Lipinski definition) is 0. The maximum atomic E-state index is 4.21. The summed E-state index contributed by atoms with van der Waals surface area (Å²) in [4.78, 5) is 0. The average Bonchev–Trinajstić information content (AvgIpc) is 2.33. The Hall–Kier alpha value is -1.56. The van der Waals surface area contributed by atoms with E-state index in [0.29, 0.717) is 0 Å². The van der Waals surface area contributed by atoms with Gasteiger partial charge in [-0.3, -0.25) is 0 Å². The maximum absolute atomic E-state index is 4.21. The summed E-state index contributed by atoms with van der Waals surface area (Å²) in [6.07, 6.45) is 4.10. The van der Waals surface area contributed by atoms with Crippen molar-refractivity contribution in [3.05, 3.63) is 66.3 Å². The molecule has 0 saturated heterocycles. The second-order valence-electron chi connectivity index (χ2n) is 7.37. The molecule has 0 aliphatic rings. The minimum absolute atomic E-state index is 0.0743. The van der Waals surface area contributed by atoms with Crippen LogP contribution in [0.5, 0.6) is 0 Å². The third-order valence-corrected chi connectivity index (χ3v) is 3.56. The molecule has 1 aromatic carbocycles. The molecule has 0 saturated carbocycles. The van der Waals surface area contributed by atoms with Crippen molar-refractivity contribution in [2.45, 2.75) is 47.0 Å². The van der Waals surface area contributed by atoms with E-state index in [4.69, 9.17) is 0 Å². The molecule has 0 aliphatic heterocycles. The van der Waals surface area contributed by atoms with Crippen LogP contribution in [0, 0.1) is 5.41 Å². The van der Waals surface area contributed by atoms with E-state index in [0.717, 1.165) is 11.1 Å². The van der Waals surface area contributed by atoms with Crippen molar-refractivity contribution in [3.63, 3.8) is 0 Å². The predicted molar refractivity (Wildman–Crippen MR) is 91.9 cm³/mol. The van der Waals surface area contributed by atoms with Crippen LogP contribution in [0.1, 0.15) is 52.7 Å². The van der Waals surface area contributed by atoms with Gasteiger partial charge in [-0.05, 0) is 33.1 Å². The molecule has 0 bridgehead atoms. The van der Waals surface area contributed by atoms with Gasteiger partial charge in [0.15, 0.2) is 0 Å². The van der Waals surface area contributed by atoms with Gasteiger partial charge in [0.05, 0.1) is 0 Å². The number of allylic oxidation sites excluding steroid dienone is 4. The summed E-state index contributed by atoms with van der Waals surface area (Å²) in [5.74, 6) is 0. The van der Waals surface area contributed by atoms with Crippen molar-refractivity contribution in [2.75, 3.05) is 0 Å². The van der Waals surface area contributed by atoms with Crippen molar-refractivity contribution in [2.24, 2.45) is 5.41 Å². The van der Waals surface area contributed by atoms with Crippen LogP contribution in [0.3, 0.4) is 0 Å². The SMILES string of the molecule is C=C/C(=C\C(=C)C(C)(C)C)c1ccccc1C(C)(C)C. The van der Waals surface area contributed by atoms with E-state index in [1.807, 2.05) is 6.08 Å². The Morgan fingerprint density at radius 3 is 2.00 bits per heavy atom. The van der Waals surface area contributed by atoms with Gasteiger partial charge in [0.2, 0.25) is 0 Å². The van der Waals surface area contributed by atoms with Crippen LogP contribution in [-0.4, -0.2) is 0 Å². The number of benzene rings is 1. The van der Waals surface area contributed by atoms with Crippen LogP contribution < -0.4 is 0 Å². The molecule has 1 aromatic rings. The standard InChI is InChI=1S/C20H28/c1-9-16(14-15(2)19(3,4)5)17-12-10-11-13-18(17)20(6,7)8/h9-14H,1-2H2,3-8H3/b16-14+. The molecule has 0 nitrogen and oxygen atoms in total. The van der Waals surface area contributed by atoms with Crippen molar-refractivity contribution >= 4 is 5.57 Å². The molecular weight excluding hydrogens is 240 g/mol. The molecular formula is C20H28. The van der Waals surface area contributed by atoms with Gasteiger partial charge in [0, 0.05) is 0 Å². The summed E-state index contributed by atoms with van der Waals surface area (Å²) in [5.41, 5.74) is 5.05.